The third-order valence-corrected chi connectivity index (χ3v) is 5.52. The van der Waals surface area contributed by atoms with Gasteiger partial charge in [-0.3, -0.25) is 14.4 Å². The van der Waals surface area contributed by atoms with Crippen LogP contribution in [-0.4, -0.2) is 40.7 Å². The van der Waals surface area contributed by atoms with Crippen LogP contribution >= 0.6 is 0 Å². The van der Waals surface area contributed by atoms with E-state index in [-0.39, 0.29) is 28.7 Å². The van der Waals surface area contributed by atoms with Gasteiger partial charge in [-0.25, -0.2) is 0 Å². The van der Waals surface area contributed by atoms with Crippen LogP contribution in [0.3, 0.4) is 0 Å². The molecule has 25 heavy (non-hydrogen) atoms. The topological polar surface area (TPSA) is 96.3 Å². The standard InChI is InChI=1S/C19H27N3O3/c1-11(20)12-4-6-22(7-5-12)18(25)14-8-13-15(21-17(14)24)9-19(2,3)10-16(13)23/h8,11-12H,4-7,9-10,20H2,1-3H3,(H,21,24). The van der Waals surface area contributed by atoms with Gasteiger partial charge in [0, 0.05) is 36.8 Å². The molecule has 1 amide bonds. The SMILES string of the molecule is CC(N)C1CCN(C(=O)c2cc3c([nH]c2=O)CC(C)(C)CC3=O)CC1. The molecule has 1 unspecified atom stereocenters. The Morgan fingerprint density at radius 2 is 1.92 bits per heavy atom. The minimum absolute atomic E-state index is 0.00721. The third kappa shape index (κ3) is 3.54. The molecule has 0 saturated carbocycles. The first-order valence-electron chi connectivity index (χ1n) is 9.02. The number of Topliss-reactive ketones (excluding diaryl/α,β-unsaturated/α-hetero) is 1. The van der Waals surface area contributed by atoms with E-state index in [1.165, 1.54) is 6.07 Å². The van der Waals surface area contributed by atoms with E-state index in [1.807, 2.05) is 20.8 Å². The highest BCUT2D eigenvalue weighted by atomic mass is 16.2. The number of H-pyrrole nitrogens is 1. The molecule has 3 N–H and O–H groups in total. The summed E-state index contributed by atoms with van der Waals surface area (Å²) in [6.07, 6.45) is 2.76. The first kappa shape index (κ1) is 17.9. The number of fused-ring (bicyclic) bond motifs is 1. The number of ketones is 1. The number of carbonyl (C=O) groups excluding carboxylic acids is 2. The molecule has 1 aromatic heterocycles. The Kier molecular flexibility index (Phi) is 4.58. The fraction of sp³-hybridized carbons (Fsp3) is 0.632. The van der Waals surface area contributed by atoms with Crippen LogP contribution in [0.2, 0.25) is 0 Å². The van der Waals surface area contributed by atoms with Crippen LogP contribution in [-0.2, 0) is 6.42 Å². The van der Waals surface area contributed by atoms with Gasteiger partial charge in [0.2, 0.25) is 0 Å². The number of pyridine rings is 1. The fourth-order valence-electron chi connectivity index (χ4n) is 3.99. The number of nitrogens with two attached hydrogens (primary N) is 1. The average molecular weight is 345 g/mol. The molecular weight excluding hydrogens is 318 g/mol. The number of carbonyl (C=O) groups is 2. The second-order valence-electron chi connectivity index (χ2n) is 8.33. The lowest BCUT2D eigenvalue weighted by molar-refractivity contribution is 0.0679. The zero-order valence-electron chi connectivity index (χ0n) is 15.2. The minimum atomic E-state index is -0.399. The Bertz CT molecular complexity index is 756. The highest BCUT2D eigenvalue weighted by Gasteiger charge is 2.33. The van der Waals surface area contributed by atoms with Crippen molar-refractivity contribution in [2.75, 3.05) is 13.1 Å². The van der Waals surface area contributed by atoms with Crippen LogP contribution in [0.1, 0.15) is 66.4 Å². The molecule has 1 aliphatic heterocycles. The summed E-state index contributed by atoms with van der Waals surface area (Å²) in [5.41, 5.74) is 6.59. The molecular formula is C19H27N3O3. The fourth-order valence-corrected chi connectivity index (χ4v) is 3.99. The number of likely N-dealkylation sites (tertiary alicyclic amines) is 1. The van der Waals surface area contributed by atoms with Crippen LogP contribution in [0.15, 0.2) is 10.9 Å². The van der Waals surface area contributed by atoms with Gasteiger partial charge in [0.25, 0.3) is 11.5 Å². The van der Waals surface area contributed by atoms with Crippen LogP contribution in [0.25, 0.3) is 0 Å². The van der Waals surface area contributed by atoms with Crippen molar-refractivity contribution in [2.24, 2.45) is 17.1 Å². The maximum atomic E-state index is 12.8. The normalized spacial score (nSPS) is 21.8. The zero-order valence-corrected chi connectivity index (χ0v) is 15.2. The summed E-state index contributed by atoms with van der Waals surface area (Å²) in [5, 5.41) is 0. The molecule has 6 heteroatoms. The van der Waals surface area contributed by atoms with Crippen molar-refractivity contribution in [3.63, 3.8) is 0 Å². The van der Waals surface area contributed by atoms with E-state index in [4.69, 9.17) is 5.73 Å². The monoisotopic (exact) mass is 345 g/mol. The van der Waals surface area contributed by atoms with E-state index >= 15 is 0 Å². The van der Waals surface area contributed by atoms with Crippen LogP contribution in [0.5, 0.6) is 0 Å². The Hall–Kier alpha value is -1.95. The summed E-state index contributed by atoms with van der Waals surface area (Å²) in [6, 6.07) is 1.62. The minimum Gasteiger partial charge on any atom is -0.338 e. The summed E-state index contributed by atoms with van der Waals surface area (Å²) in [4.78, 5) is 42.1. The lowest BCUT2D eigenvalue weighted by Crippen LogP contribution is -2.44. The molecule has 136 valence electrons. The quantitative estimate of drug-likeness (QED) is 0.853. The van der Waals surface area contributed by atoms with Gasteiger partial charge >= 0.3 is 0 Å². The van der Waals surface area contributed by atoms with Gasteiger partial charge in [-0.2, -0.15) is 0 Å². The number of hydrogen-bond acceptors (Lipinski definition) is 4. The maximum absolute atomic E-state index is 12.8. The number of amides is 1. The predicted octanol–water partition coefficient (Wildman–Crippen LogP) is 1.73. The molecule has 1 atom stereocenters. The average Bonchev–Trinajstić information content (AvgIpc) is 2.52. The molecule has 0 bridgehead atoms. The first-order valence-corrected chi connectivity index (χ1v) is 9.02. The number of piperidine rings is 1. The number of aromatic amines is 1. The Balaban J connectivity index is 1.84. The molecule has 1 aliphatic carbocycles. The van der Waals surface area contributed by atoms with Crippen LogP contribution in [0.4, 0.5) is 0 Å². The van der Waals surface area contributed by atoms with Crippen molar-refractivity contribution in [2.45, 2.75) is 52.5 Å². The lowest BCUT2D eigenvalue weighted by atomic mass is 9.75. The van der Waals surface area contributed by atoms with Crippen LogP contribution in [0, 0.1) is 11.3 Å². The van der Waals surface area contributed by atoms with Crippen molar-refractivity contribution in [3.05, 3.63) is 33.2 Å². The summed E-state index contributed by atoms with van der Waals surface area (Å²) in [5.74, 6) is 0.117. The van der Waals surface area contributed by atoms with E-state index in [1.54, 1.807) is 4.90 Å². The molecule has 1 saturated heterocycles. The Morgan fingerprint density at radius 1 is 1.28 bits per heavy atom. The van der Waals surface area contributed by atoms with Crippen molar-refractivity contribution in [3.8, 4) is 0 Å². The Morgan fingerprint density at radius 3 is 2.52 bits per heavy atom. The summed E-state index contributed by atoms with van der Waals surface area (Å²) in [7, 11) is 0. The van der Waals surface area contributed by atoms with Gasteiger partial charge in [-0.1, -0.05) is 13.8 Å². The number of rotatable bonds is 2. The highest BCUT2D eigenvalue weighted by molar-refractivity contribution is 6.02. The first-order chi connectivity index (χ1) is 11.7. The second kappa shape index (κ2) is 6.41. The molecule has 0 radical (unpaired) electrons. The summed E-state index contributed by atoms with van der Waals surface area (Å²) in [6.45, 7) is 7.20. The predicted molar refractivity (Wildman–Crippen MR) is 95.8 cm³/mol. The maximum Gasteiger partial charge on any atom is 0.261 e. The number of aromatic nitrogens is 1. The molecule has 2 aliphatic rings. The lowest BCUT2D eigenvalue weighted by Gasteiger charge is -2.34. The number of nitrogens with zero attached hydrogens (tertiary/aromatic N) is 1. The van der Waals surface area contributed by atoms with E-state index in [9.17, 15) is 14.4 Å². The van der Waals surface area contributed by atoms with Crippen LogP contribution < -0.4 is 11.3 Å². The summed E-state index contributed by atoms with van der Waals surface area (Å²) < 4.78 is 0. The summed E-state index contributed by atoms with van der Waals surface area (Å²) >= 11 is 0. The molecule has 2 heterocycles. The number of nitrogens with one attached hydrogen (secondary N) is 1. The van der Waals surface area contributed by atoms with Gasteiger partial charge in [-0.15, -0.1) is 0 Å². The molecule has 3 rings (SSSR count). The van der Waals surface area contributed by atoms with E-state index in [0.29, 0.717) is 43.1 Å². The second-order valence-corrected chi connectivity index (χ2v) is 8.33. The van der Waals surface area contributed by atoms with Gasteiger partial charge in [-0.05, 0) is 43.6 Å². The van der Waals surface area contributed by atoms with Gasteiger partial charge in [0.1, 0.15) is 5.56 Å². The smallest absolute Gasteiger partial charge is 0.261 e. The largest absolute Gasteiger partial charge is 0.338 e. The molecule has 0 aromatic carbocycles. The molecule has 6 nitrogen and oxygen atoms in total. The molecule has 1 fully saturated rings. The van der Waals surface area contributed by atoms with Crippen molar-refractivity contribution in [1.82, 2.24) is 9.88 Å². The van der Waals surface area contributed by atoms with Crippen molar-refractivity contribution < 1.29 is 9.59 Å². The van der Waals surface area contributed by atoms with Gasteiger partial charge < -0.3 is 15.6 Å². The van der Waals surface area contributed by atoms with Gasteiger partial charge in [0.05, 0.1) is 0 Å². The number of hydrogen-bond donors (Lipinski definition) is 2. The van der Waals surface area contributed by atoms with E-state index in [0.717, 1.165) is 12.8 Å². The molecule has 1 aromatic rings. The van der Waals surface area contributed by atoms with E-state index in [2.05, 4.69) is 4.98 Å². The molecule has 0 spiro atoms. The highest BCUT2D eigenvalue weighted by Crippen LogP contribution is 2.33. The van der Waals surface area contributed by atoms with Gasteiger partial charge in [0.15, 0.2) is 5.78 Å². The van der Waals surface area contributed by atoms with Crippen molar-refractivity contribution >= 4 is 11.7 Å². The Labute approximate surface area is 147 Å². The third-order valence-electron chi connectivity index (χ3n) is 5.52. The van der Waals surface area contributed by atoms with Crippen molar-refractivity contribution in [1.29, 1.82) is 0 Å². The zero-order chi connectivity index (χ0) is 18.4. The van der Waals surface area contributed by atoms with E-state index < -0.39 is 5.56 Å².